The number of aromatic nitrogens is 1. The van der Waals surface area contributed by atoms with E-state index in [4.69, 9.17) is 18.6 Å². The Labute approximate surface area is 218 Å². The molecule has 2 atom stereocenters. The first-order valence-electron chi connectivity index (χ1n) is 12.6. The quantitative estimate of drug-likeness (QED) is 0.154. The molecular formula is C31H33NO5. The lowest BCUT2D eigenvalue weighted by molar-refractivity contribution is -0.141. The van der Waals surface area contributed by atoms with Gasteiger partial charge in [0.15, 0.2) is 6.10 Å². The SMILES string of the molecule is CCCCOc1ccc(C)cc1C(Oc1ccc(C(CC(=O)OC)c2ncco2)cc1)c1ccccc1. The number of oxazole rings is 1. The van der Waals surface area contributed by atoms with E-state index in [0.29, 0.717) is 18.2 Å². The maximum Gasteiger partial charge on any atom is 0.306 e. The summed E-state index contributed by atoms with van der Waals surface area (Å²) >= 11 is 0. The van der Waals surface area contributed by atoms with Crippen molar-refractivity contribution in [2.45, 2.75) is 45.1 Å². The van der Waals surface area contributed by atoms with Gasteiger partial charge in [0, 0.05) is 5.56 Å². The molecule has 0 aliphatic rings. The van der Waals surface area contributed by atoms with Crippen LogP contribution < -0.4 is 9.47 Å². The molecule has 2 unspecified atom stereocenters. The van der Waals surface area contributed by atoms with E-state index in [9.17, 15) is 4.79 Å². The van der Waals surface area contributed by atoms with E-state index in [2.05, 4.69) is 43.1 Å². The minimum Gasteiger partial charge on any atom is -0.493 e. The summed E-state index contributed by atoms with van der Waals surface area (Å²) in [6.45, 7) is 4.88. The standard InChI is InChI=1S/C31H33NO5/c1-4-5-18-35-28-16-11-22(2)20-27(28)30(24-9-7-6-8-10-24)37-25-14-12-23(13-15-25)26(21-29(33)34-3)31-32-17-19-36-31/h6-17,19-20,26,30H,4-5,18,21H2,1-3H3. The van der Waals surface area contributed by atoms with E-state index in [1.807, 2.05) is 48.5 Å². The molecule has 0 amide bonds. The van der Waals surface area contributed by atoms with Crippen molar-refractivity contribution in [3.63, 3.8) is 0 Å². The molecule has 4 rings (SSSR count). The van der Waals surface area contributed by atoms with Crippen LogP contribution in [-0.2, 0) is 9.53 Å². The highest BCUT2D eigenvalue weighted by molar-refractivity contribution is 5.71. The maximum atomic E-state index is 12.0. The lowest BCUT2D eigenvalue weighted by Gasteiger charge is -2.23. The van der Waals surface area contributed by atoms with Crippen LogP contribution in [0.5, 0.6) is 11.5 Å². The van der Waals surface area contributed by atoms with Crippen molar-refractivity contribution >= 4 is 5.97 Å². The molecule has 3 aromatic carbocycles. The number of hydrogen-bond donors (Lipinski definition) is 0. The van der Waals surface area contributed by atoms with Gasteiger partial charge in [-0.15, -0.1) is 0 Å². The summed E-state index contributed by atoms with van der Waals surface area (Å²) in [5.74, 6) is 1.31. The molecule has 37 heavy (non-hydrogen) atoms. The van der Waals surface area contributed by atoms with Gasteiger partial charge in [0.2, 0.25) is 5.89 Å². The van der Waals surface area contributed by atoms with Crippen LogP contribution in [0, 0.1) is 6.92 Å². The smallest absolute Gasteiger partial charge is 0.306 e. The molecule has 192 valence electrons. The summed E-state index contributed by atoms with van der Waals surface area (Å²) in [4.78, 5) is 16.3. The Hall–Kier alpha value is -4.06. The van der Waals surface area contributed by atoms with Gasteiger partial charge in [-0.25, -0.2) is 4.98 Å². The fraction of sp³-hybridized carbons (Fsp3) is 0.290. The van der Waals surface area contributed by atoms with Gasteiger partial charge < -0.3 is 18.6 Å². The second kappa shape index (κ2) is 12.8. The highest BCUT2D eigenvalue weighted by atomic mass is 16.5. The summed E-state index contributed by atoms with van der Waals surface area (Å²) in [7, 11) is 1.38. The monoisotopic (exact) mass is 499 g/mol. The molecule has 0 N–H and O–H groups in total. The van der Waals surface area contributed by atoms with E-state index in [1.165, 1.54) is 13.4 Å². The molecule has 0 fully saturated rings. The van der Waals surface area contributed by atoms with Crippen LogP contribution in [-0.4, -0.2) is 24.7 Å². The number of unbranched alkanes of at least 4 members (excludes halogenated alkanes) is 1. The number of nitrogens with zero attached hydrogens (tertiary/aromatic N) is 1. The number of carbonyl (C=O) groups excluding carboxylic acids is 1. The Morgan fingerprint density at radius 2 is 1.78 bits per heavy atom. The molecule has 6 heteroatoms. The van der Waals surface area contributed by atoms with Gasteiger partial charge in [0.25, 0.3) is 0 Å². The predicted molar refractivity (Wildman–Crippen MR) is 142 cm³/mol. The second-order valence-corrected chi connectivity index (χ2v) is 8.92. The summed E-state index contributed by atoms with van der Waals surface area (Å²) in [5.41, 5.74) is 4.03. The normalized spacial score (nSPS) is 12.5. The number of esters is 1. The lowest BCUT2D eigenvalue weighted by atomic mass is 9.95. The Kier molecular flexibility index (Phi) is 8.98. The first-order chi connectivity index (χ1) is 18.1. The summed E-state index contributed by atoms with van der Waals surface area (Å²) in [6.07, 6.45) is 4.90. The van der Waals surface area contributed by atoms with Gasteiger partial charge in [0.1, 0.15) is 17.8 Å². The van der Waals surface area contributed by atoms with E-state index in [-0.39, 0.29) is 24.4 Å². The van der Waals surface area contributed by atoms with Gasteiger partial charge in [-0.1, -0.05) is 67.4 Å². The van der Waals surface area contributed by atoms with Crippen molar-refractivity contribution < 1.29 is 23.4 Å². The lowest BCUT2D eigenvalue weighted by Crippen LogP contribution is -2.13. The maximum absolute atomic E-state index is 12.0. The van der Waals surface area contributed by atoms with Crippen LogP contribution in [0.15, 0.2) is 89.7 Å². The molecule has 0 saturated heterocycles. The highest BCUT2D eigenvalue weighted by Crippen LogP contribution is 2.36. The highest BCUT2D eigenvalue weighted by Gasteiger charge is 2.24. The minimum absolute atomic E-state index is 0.131. The van der Waals surface area contributed by atoms with Crippen LogP contribution in [0.3, 0.4) is 0 Å². The van der Waals surface area contributed by atoms with E-state index in [1.54, 1.807) is 6.20 Å². The van der Waals surface area contributed by atoms with Gasteiger partial charge in [0.05, 0.1) is 32.3 Å². The first-order valence-corrected chi connectivity index (χ1v) is 12.6. The number of ether oxygens (including phenoxy) is 3. The average Bonchev–Trinajstić information content (AvgIpc) is 3.47. The third-order valence-electron chi connectivity index (χ3n) is 6.19. The average molecular weight is 500 g/mol. The number of methoxy groups -OCH3 is 1. The van der Waals surface area contributed by atoms with Crippen LogP contribution in [0.4, 0.5) is 0 Å². The molecule has 0 aliphatic heterocycles. The molecule has 4 aromatic rings. The Balaban J connectivity index is 1.64. The van der Waals surface area contributed by atoms with Crippen molar-refractivity contribution in [1.29, 1.82) is 0 Å². The van der Waals surface area contributed by atoms with E-state index in [0.717, 1.165) is 40.8 Å². The van der Waals surface area contributed by atoms with Crippen LogP contribution in [0.1, 0.15) is 66.4 Å². The molecular weight excluding hydrogens is 466 g/mol. The number of carbonyl (C=O) groups is 1. The molecule has 0 bridgehead atoms. The number of benzene rings is 3. The molecule has 0 aliphatic carbocycles. The van der Waals surface area contributed by atoms with Crippen LogP contribution >= 0.6 is 0 Å². The van der Waals surface area contributed by atoms with Crippen molar-refractivity contribution in [3.8, 4) is 11.5 Å². The fourth-order valence-electron chi connectivity index (χ4n) is 4.19. The third kappa shape index (κ3) is 6.79. The van der Waals surface area contributed by atoms with E-state index >= 15 is 0 Å². The minimum atomic E-state index is -0.360. The summed E-state index contributed by atoms with van der Waals surface area (Å²) in [6, 6.07) is 24.0. The molecule has 0 spiro atoms. The molecule has 1 heterocycles. The Bertz CT molecular complexity index is 1250. The Morgan fingerprint density at radius 1 is 1.00 bits per heavy atom. The van der Waals surface area contributed by atoms with Crippen LogP contribution in [0.25, 0.3) is 0 Å². The number of hydrogen-bond acceptors (Lipinski definition) is 6. The zero-order valence-electron chi connectivity index (χ0n) is 21.6. The first kappa shape index (κ1) is 26.0. The third-order valence-corrected chi connectivity index (χ3v) is 6.19. The van der Waals surface area contributed by atoms with Crippen molar-refractivity contribution in [1.82, 2.24) is 4.98 Å². The fourth-order valence-corrected chi connectivity index (χ4v) is 4.19. The van der Waals surface area contributed by atoms with Crippen molar-refractivity contribution in [2.75, 3.05) is 13.7 Å². The molecule has 6 nitrogen and oxygen atoms in total. The zero-order chi connectivity index (χ0) is 26.0. The van der Waals surface area contributed by atoms with E-state index < -0.39 is 0 Å². The zero-order valence-corrected chi connectivity index (χ0v) is 21.6. The van der Waals surface area contributed by atoms with Crippen LogP contribution in [0.2, 0.25) is 0 Å². The van der Waals surface area contributed by atoms with Crippen molar-refractivity contribution in [3.05, 3.63) is 113 Å². The predicted octanol–water partition coefficient (Wildman–Crippen LogP) is 7.03. The van der Waals surface area contributed by atoms with Gasteiger partial charge >= 0.3 is 5.97 Å². The number of aryl methyl sites for hydroxylation is 1. The van der Waals surface area contributed by atoms with Gasteiger partial charge in [-0.3, -0.25) is 4.79 Å². The second-order valence-electron chi connectivity index (χ2n) is 8.92. The number of rotatable bonds is 12. The molecule has 0 radical (unpaired) electrons. The largest absolute Gasteiger partial charge is 0.493 e. The Morgan fingerprint density at radius 3 is 2.46 bits per heavy atom. The van der Waals surface area contributed by atoms with Gasteiger partial charge in [-0.05, 0) is 48.7 Å². The topological polar surface area (TPSA) is 70.8 Å². The summed E-state index contributed by atoms with van der Waals surface area (Å²) < 4.78 is 23.2. The van der Waals surface area contributed by atoms with Gasteiger partial charge in [-0.2, -0.15) is 0 Å². The summed E-state index contributed by atoms with van der Waals surface area (Å²) in [5, 5.41) is 0. The molecule has 0 saturated carbocycles. The molecule has 1 aromatic heterocycles. The van der Waals surface area contributed by atoms with Crippen molar-refractivity contribution in [2.24, 2.45) is 0 Å².